The summed E-state index contributed by atoms with van der Waals surface area (Å²) in [6.07, 6.45) is 5.05. The lowest BCUT2D eigenvalue weighted by Gasteiger charge is -2.28. The maximum atomic E-state index is 13.1. The van der Waals surface area contributed by atoms with Gasteiger partial charge in [0.15, 0.2) is 11.9 Å². The highest BCUT2D eigenvalue weighted by Gasteiger charge is 2.59. The minimum atomic E-state index is -2.08. The number of esters is 2. The van der Waals surface area contributed by atoms with Gasteiger partial charge >= 0.3 is 18.0 Å². The molecule has 252 valence electrons. The summed E-state index contributed by atoms with van der Waals surface area (Å²) in [5.41, 5.74) is 9.25. The van der Waals surface area contributed by atoms with Crippen LogP contribution in [0.1, 0.15) is 89.9 Å². The summed E-state index contributed by atoms with van der Waals surface area (Å²) in [6.45, 7) is 6.11. The Morgan fingerprint density at radius 2 is 1.87 bits per heavy atom. The van der Waals surface area contributed by atoms with Crippen molar-refractivity contribution in [3.05, 3.63) is 23.5 Å². The number of aliphatic hydroxyl groups is 1. The lowest BCUT2D eigenvalue weighted by Crippen LogP contribution is -2.49. The molecule has 1 aromatic heterocycles. The summed E-state index contributed by atoms with van der Waals surface area (Å²) in [5, 5.41) is 22.0. The van der Waals surface area contributed by atoms with Crippen LogP contribution in [-0.2, 0) is 29.4 Å². The fraction of sp³-hybridized carbons (Fsp3) is 0.688. The number of amidine groups is 1. The van der Waals surface area contributed by atoms with E-state index in [1.54, 1.807) is 25.7 Å². The number of nitrogens with one attached hydrogen (secondary N) is 1. The topological polar surface area (TPSA) is 219 Å². The average molecular weight is 642 g/mol. The number of amides is 2. The van der Waals surface area contributed by atoms with E-state index in [2.05, 4.69) is 15.0 Å². The number of hydrogen-bond donors (Lipinski definition) is 4. The number of nitriles is 1. The van der Waals surface area contributed by atoms with Crippen LogP contribution in [-0.4, -0.2) is 89.2 Å². The number of aliphatic imine (C=N–C) groups is 2. The zero-order valence-corrected chi connectivity index (χ0v) is 26.9. The molecule has 6 N–H and O–H groups in total. The molecule has 1 saturated carbocycles. The number of aliphatic hydroxyl groups excluding tert-OH is 1. The smallest absolute Gasteiger partial charge is 0.345 e. The van der Waals surface area contributed by atoms with E-state index in [4.69, 9.17) is 25.7 Å². The largest absolute Gasteiger partial charge is 0.463 e. The molecule has 4 rings (SSSR count). The molecule has 0 bridgehead atoms. The van der Waals surface area contributed by atoms with Gasteiger partial charge in [-0.25, -0.2) is 9.79 Å². The lowest BCUT2D eigenvalue weighted by atomic mass is 9.87. The molecule has 3 heterocycles. The molecule has 2 aliphatic heterocycles. The van der Waals surface area contributed by atoms with Gasteiger partial charge in [0, 0.05) is 19.5 Å². The number of H-pyrrole nitrogens is 1. The third-order valence-electron chi connectivity index (χ3n) is 8.98. The maximum absolute atomic E-state index is 13.1. The maximum Gasteiger partial charge on any atom is 0.345 e. The molecule has 1 aromatic rings. The van der Waals surface area contributed by atoms with E-state index in [0.717, 1.165) is 57.7 Å². The minimum absolute atomic E-state index is 0.0330. The van der Waals surface area contributed by atoms with Gasteiger partial charge in [0.1, 0.15) is 30.9 Å². The molecule has 14 nitrogen and oxygen atoms in total. The van der Waals surface area contributed by atoms with E-state index in [9.17, 15) is 24.8 Å². The van der Waals surface area contributed by atoms with Crippen molar-refractivity contribution in [2.75, 3.05) is 19.7 Å². The molecule has 1 aliphatic carbocycles. The van der Waals surface area contributed by atoms with Crippen molar-refractivity contribution >= 4 is 30.1 Å². The van der Waals surface area contributed by atoms with E-state index in [1.807, 2.05) is 6.07 Å². The molecule has 3 aliphatic rings. The number of likely N-dealkylation sites (tertiary alicyclic amines) is 1. The van der Waals surface area contributed by atoms with E-state index in [0.29, 0.717) is 13.1 Å². The fourth-order valence-corrected chi connectivity index (χ4v) is 6.09. The van der Waals surface area contributed by atoms with Gasteiger partial charge in [0.2, 0.25) is 5.60 Å². The summed E-state index contributed by atoms with van der Waals surface area (Å²) in [6, 6.07) is 3.49. The molecule has 46 heavy (non-hydrogen) atoms. The monoisotopic (exact) mass is 641 g/mol. The van der Waals surface area contributed by atoms with Crippen molar-refractivity contribution in [2.24, 2.45) is 32.8 Å². The quantitative estimate of drug-likeness (QED) is 0.141. The van der Waals surface area contributed by atoms with Crippen molar-refractivity contribution in [3.63, 3.8) is 0 Å². The van der Waals surface area contributed by atoms with E-state index < -0.39 is 53.3 Å². The van der Waals surface area contributed by atoms with Crippen LogP contribution in [0.3, 0.4) is 0 Å². The first kappa shape index (κ1) is 35.1. The summed E-state index contributed by atoms with van der Waals surface area (Å²) in [4.78, 5) is 51.4. The first-order chi connectivity index (χ1) is 21.9. The Morgan fingerprint density at radius 1 is 1.20 bits per heavy atom. The van der Waals surface area contributed by atoms with Crippen LogP contribution in [0.15, 0.2) is 22.1 Å². The van der Waals surface area contributed by atoms with Crippen molar-refractivity contribution in [2.45, 2.75) is 109 Å². The van der Waals surface area contributed by atoms with Crippen molar-refractivity contribution in [1.82, 2.24) is 9.88 Å². The molecule has 14 heteroatoms. The van der Waals surface area contributed by atoms with Crippen molar-refractivity contribution < 1.29 is 33.7 Å². The number of nitrogens with two attached hydrogens (primary N) is 2. The summed E-state index contributed by atoms with van der Waals surface area (Å²) in [5.74, 6) is -1.04. The number of carbonyl (C=O) groups is 3. The Balaban J connectivity index is 1.59. The highest BCUT2D eigenvalue weighted by molar-refractivity contribution is 6.06. The van der Waals surface area contributed by atoms with Gasteiger partial charge in [-0.1, -0.05) is 46.5 Å². The normalized spacial score (nSPS) is 26.9. The summed E-state index contributed by atoms with van der Waals surface area (Å²) < 4.78 is 17.4. The molecule has 0 spiro atoms. The summed E-state index contributed by atoms with van der Waals surface area (Å²) in [7, 11) is 0. The van der Waals surface area contributed by atoms with Gasteiger partial charge < -0.3 is 40.7 Å². The Hall–Kier alpha value is -3.80. The third kappa shape index (κ3) is 8.12. The molecule has 5 atom stereocenters. The van der Waals surface area contributed by atoms with E-state index in [1.165, 1.54) is 12.1 Å². The number of carbonyl (C=O) groups excluding carboxylic acids is 3. The van der Waals surface area contributed by atoms with Crippen molar-refractivity contribution in [1.29, 1.82) is 5.26 Å². The number of aromatic nitrogens is 1. The zero-order chi connectivity index (χ0) is 33.5. The van der Waals surface area contributed by atoms with Crippen LogP contribution in [0.4, 0.5) is 4.79 Å². The Morgan fingerprint density at radius 3 is 2.48 bits per heavy atom. The molecule has 0 radical (unpaired) electrons. The molecule has 0 aromatic carbocycles. The first-order valence-electron chi connectivity index (χ1n) is 16.1. The van der Waals surface area contributed by atoms with Gasteiger partial charge in [-0.3, -0.25) is 9.59 Å². The van der Waals surface area contributed by atoms with Crippen LogP contribution in [0.25, 0.3) is 0 Å². The van der Waals surface area contributed by atoms with Crippen LogP contribution in [0.2, 0.25) is 0 Å². The summed E-state index contributed by atoms with van der Waals surface area (Å²) >= 11 is 0. The van der Waals surface area contributed by atoms with Gasteiger partial charge in [-0.2, -0.15) is 10.3 Å². The van der Waals surface area contributed by atoms with Gasteiger partial charge in [-0.05, 0) is 49.1 Å². The number of rotatable bonds is 8. The van der Waals surface area contributed by atoms with Crippen LogP contribution in [0, 0.1) is 22.7 Å². The number of nitrogens with zero attached hydrogens (tertiary/aromatic N) is 4. The van der Waals surface area contributed by atoms with E-state index >= 15 is 0 Å². The van der Waals surface area contributed by atoms with Crippen LogP contribution < -0.4 is 11.5 Å². The number of aromatic amines is 1. The highest BCUT2D eigenvalue weighted by atomic mass is 16.6. The third-order valence-corrected chi connectivity index (χ3v) is 8.98. The predicted octanol–water partition coefficient (Wildman–Crippen LogP) is 2.63. The molecule has 2 saturated heterocycles. The second-order valence-corrected chi connectivity index (χ2v) is 13.4. The number of urea groups is 1. The molecule has 2 amide bonds. The van der Waals surface area contributed by atoms with E-state index in [-0.39, 0.29) is 36.2 Å². The van der Waals surface area contributed by atoms with Gasteiger partial charge in [0.25, 0.3) is 0 Å². The SMILES string of the molecule is CC(C)(C)[C@H](N)C(=O)O[C@H]1[C@@H](O)[C@](C#N)(c2ccc(/C(N=CN)=N/C(=O)N3CCCC3)[nH]2)O[C@@H]1COC(=O)CC1CCCCCC1. The minimum Gasteiger partial charge on any atom is -0.463 e. The number of ether oxygens (including phenoxy) is 3. The number of hydrogen-bond acceptors (Lipinski definition) is 9. The second-order valence-electron chi connectivity index (χ2n) is 13.4. The van der Waals surface area contributed by atoms with Crippen molar-refractivity contribution in [3.8, 4) is 6.07 Å². The lowest BCUT2D eigenvalue weighted by molar-refractivity contribution is -0.163. The highest BCUT2D eigenvalue weighted by Crippen LogP contribution is 2.41. The predicted molar refractivity (Wildman–Crippen MR) is 168 cm³/mol. The molecule has 3 fully saturated rings. The standard InChI is InChI=1S/C32H47N7O7/c1-31(2,3)26(35)29(42)45-25-22(17-44-24(40)16-20-10-6-4-5-7-11-20)46-32(18-33,27(25)41)23-13-12-21(37-23)28(36-19-34)38-30(43)39-14-8-9-15-39/h12-13,19-20,22,25-27,37,41H,4-11,14-17,35H2,1-3H3,(H2,34,36,38,43)/t22-,25-,26-,27-,32+/m1/s1. The molecular formula is C32H47N7O7. The van der Waals surface area contributed by atoms with Crippen LogP contribution >= 0.6 is 0 Å². The molecule has 0 unspecified atom stereocenters. The van der Waals surface area contributed by atoms with Crippen LogP contribution in [0.5, 0.6) is 0 Å². The average Bonchev–Trinajstić information content (AvgIpc) is 3.74. The zero-order valence-electron chi connectivity index (χ0n) is 26.9. The first-order valence-corrected chi connectivity index (χ1v) is 16.1. The second kappa shape index (κ2) is 15.2. The Kier molecular flexibility index (Phi) is 11.6. The molecular weight excluding hydrogens is 594 g/mol. The Labute approximate surface area is 269 Å². The Bertz CT molecular complexity index is 1330. The fourth-order valence-electron chi connectivity index (χ4n) is 6.09. The van der Waals surface area contributed by atoms with Gasteiger partial charge in [0.05, 0.1) is 17.7 Å². The van der Waals surface area contributed by atoms with Gasteiger partial charge in [-0.15, -0.1) is 0 Å².